The smallest absolute Gasteiger partial charge is 0.166 e. The molecule has 0 amide bonds. The maximum absolute atomic E-state index is 14.8. The molecule has 0 saturated heterocycles. The number of hydrogen-bond donors (Lipinski definition) is 0. The van der Waals surface area contributed by atoms with Crippen molar-refractivity contribution >= 4 is 6.08 Å². The van der Waals surface area contributed by atoms with Crippen molar-refractivity contribution in [1.29, 1.82) is 0 Å². The zero-order chi connectivity index (χ0) is 22.5. The fraction of sp³-hybridized carbons (Fsp3) is 0.517. The molecule has 0 heterocycles. The first-order valence-corrected chi connectivity index (χ1v) is 12.5. The molecule has 4 rings (SSSR count). The van der Waals surface area contributed by atoms with Crippen LogP contribution < -0.4 is 0 Å². The SMILES string of the molecule is CCCCCC1CCC(CCC2=Cc3cc(F)c(-c4cccc(F)c4F)cc3CC2)CC1. The first kappa shape index (κ1) is 23.1. The van der Waals surface area contributed by atoms with Crippen molar-refractivity contribution in [1.82, 2.24) is 0 Å². The van der Waals surface area contributed by atoms with E-state index >= 15 is 0 Å². The number of unbranched alkanes of at least 4 members (excludes halogenated alkanes) is 2. The van der Waals surface area contributed by atoms with E-state index in [1.165, 1.54) is 81.6 Å². The molecular formula is C29H35F3. The van der Waals surface area contributed by atoms with Gasteiger partial charge in [0.25, 0.3) is 0 Å². The third kappa shape index (κ3) is 5.47. The molecule has 0 aromatic heterocycles. The average Bonchev–Trinajstić information content (AvgIpc) is 2.80. The average molecular weight is 441 g/mol. The molecular weight excluding hydrogens is 405 g/mol. The fourth-order valence-corrected chi connectivity index (χ4v) is 5.57. The molecule has 3 heteroatoms. The second-order valence-corrected chi connectivity index (χ2v) is 9.86. The van der Waals surface area contributed by atoms with Gasteiger partial charge in [0.05, 0.1) is 0 Å². The number of halogens is 3. The zero-order valence-electron chi connectivity index (χ0n) is 19.2. The van der Waals surface area contributed by atoms with E-state index in [1.54, 1.807) is 6.07 Å². The van der Waals surface area contributed by atoms with Gasteiger partial charge in [-0.05, 0) is 66.8 Å². The molecule has 172 valence electrons. The van der Waals surface area contributed by atoms with Crippen molar-refractivity contribution in [2.45, 2.75) is 84.0 Å². The van der Waals surface area contributed by atoms with Crippen molar-refractivity contribution in [2.75, 3.05) is 0 Å². The first-order valence-electron chi connectivity index (χ1n) is 12.5. The summed E-state index contributed by atoms with van der Waals surface area (Å²) in [6.45, 7) is 2.27. The number of allylic oxidation sites excluding steroid dienone is 1. The van der Waals surface area contributed by atoms with Crippen LogP contribution in [0.15, 0.2) is 35.9 Å². The van der Waals surface area contributed by atoms with Gasteiger partial charge in [-0.3, -0.25) is 0 Å². The van der Waals surface area contributed by atoms with Gasteiger partial charge in [-0.2, -0.15) is 0 Å². The lowest BCUT2D eigenvalue weighted by molar-refractivity contribution is 0.249. The molecule has 0 atom stereocenters. The quantitative estimate of drug-likeness (QED) is 0.359. The maximum atomic E-state index is 14.8. The van der Waals surface area contributed by atoms with Crippen LogP contribution in [0, 0.1) is 29.3 Å². The van der Waals surface area contributed by atoms with Gasteiger partial charge in [0.15, 0.2) is 11.6 Å². The Labute approximate surface area is 190 Å². The molecule has 1 saturated carbocycles. The summed E-state index contributed by atoms with van der Waals surface area (Å²) in [5.74, 6) is -0.657. The van der Waals surface area contributed by atoms with Gasteiger partial charge >= 0.3 is 0 Å². The minimum Gasteiger partial charge on any atom is -0.206 e. The molecule has 0 radical (unpaired) electrons. The van der Waals surface area contributed by atoms with Crippen LogP contribution in [0.2, 0.25) is 0 Å². The van der Waals surface area contributed by atoms with Crippen molar-refractivity contribution in [3.63, 3.8) is 0 Å². The molecule has 2 aliphatic rings. The Bertz CT molecular complexity index is 951. The van der Waals surface area contributed by atoms with Gasteiger partial charge in [-0.1, -0.05) is 82.1 Å². The van der Waals surface area contributed by atoms with E-state index in [9.17, 15) is 13.2 Å². The molecule has 32 heavy (non-hydrogen) atoms. The summed E-state index contributed by atoms with van der Waals surface area (Å²) in [5, 5.41) is 0. The summed E-state index contributed by atoms with van der Waals surface area (Å²) in [6, 6.07) is 7.11. The Balaban J connectivity index is 1.36. The predicted molar refractivity (Wildman–Crippen MR) is 127 cm³/mol. The Hall–Kier alpha value is -2.03. The van der Waals surface area contributed by atoms with Gasteiger partial charge < -0.3 is 0 Å². The fourth-order valence-electron chi connectivity index (χ4n) is 5.57. The van der Waals surface area contributed by atoms with E-state index in [2.05, 4.69) is 13.0 Å². The normalized spacial score (nSPS) is 20.7. The standard InChI is InChI=1S/C29H35F3/c1-2-3-4-6-20-9-11-21(12-10-20)13-14-22-15-16-23-18-26(28(31)19-24(23)17-22)25-7-5-8-27(30)29(25)32/h5,7-8,17-21H,2-4,6,9-16H2,1H3. The summed E-state index contributed by atoms with van der Waals surface area (Å²) in [5.41, 5.74) is 3.44. The number of rotatable bonds is 8. The highest BCUT2D eigenvalue weighted by Gasteiger charge is 2.22. The molecule has 0 aliphatic heterocycles. The molecule has 2 aliphatic carbocycles. The first-order chi connectivity index (χ1) is 15.5. The van der Waals surface area contributed by atoms with Crippen molar-refractivity contribution < 1.29 is 13.2 Å². The summed E-state index contributed by atoms with van der Waals surface area (Å²) in [4.78, 5) is 0. The summed E-state index contributed by atoms with van der Waals surface area (Å²) in [6.07, 6.45) is 17.2. The Morgan fingerprint density at radius 3 is 2.31 bits per heavy atom. The minimum absolute atomic E-state index is 0.00891. The van der Waals surface area contributed by atoms with Crippen molar-refractivity contribution in [2.24, 2.45) is 11.8 Å². The van der Waals surface area contributed by atoms with Crippen LogP contribution in [0.25, 0.3) is 17.2 Å². The van der Waals surface area contributed by atoms with E-state index < -0.39 is 17.5 Å². The van der Waals surface area contributed by atoms with Crippen LogP contribution in [0.3, 0.4) is 0 Å². The van der Waals surface area contributed by atoms with Gasteiger partial charge in [0, 0.05) is 11.1 Å². The Kier molecular flexibility index (Phi) is 7.75. The van der Waals surface area contributed by atoms with Crippen LogP contribution in [0.5, 0.6) is 0 Å². The van der Waals surface area contributed by atoms with Crippen LogP contribution in [0.4, 0.5) is 13.2 Å². The van der Waals surface area contributed by atoms with Crippen molar-refractivity contribution in [3.8, 4) is 11.1 Å². The summed E-state index contributed by atoms with van der Waals surface area (Å²) >= 11 is 0. The lowest BCUT2D eigenvalue weighted by Gasteiger charge is -2.29. The topological polar surface area (TPSA) is 0 Å². The van der Waals surface area contributed by atoms with E-state index in [-0.39, 0.29) is 11.1 Å². The van der Waals surface area contributed by atoms with Crippen LogP contribution in [0.1, 0.15) is 88.7 Å². The predicted octanol–water partition coefficient (Wildman–Crippen LogP) is 9.27. The lowest BCUT2D eigenvalue weighted by atomic mass is 9.77. The summed E-state index contributed by atoms with van der Waals surface area (Å²) in [7, 11) is 0. The number of fused-ring (bicyclic) bond motifs is 1. The van der Waals surface area contributed by atoms with E-state index in [1.807, 2.05) is 0 Å². The van der Waals surface area contributed by atoms with Crippen LogP contribution in [-0.2, 0) is 6.42 Å². The number of hydrogen-bond acceptors (Lipinski definition) is 0. The molecule has 1 fully saturated rings. The van der Waals surface area contributed by atoms with Gasteiger partial charge in [0.2, 0.25) is 0 Å². The maximum Gasteiger partial charge on any atom is 0.166 e. The summed E-state index contributed by atoms with van der Waals surface area (Å²) < 4.78 is 42.6. The monoisotopic (exact) mass is 440 g/mol. The van der Waals surface area contributed by atoms with Gasteiger partial charge in [0.1, 0.15) is 5.82 Å². The Morgan fingerprint density at radius 1 is 0.812 bits per heavy atom. The minimum atomic E-state index is -0.988. The van der Waals surface area contributed by atoms with Crippen molar-refractivity contribution in [3.05, 3.63) is 64.5 Å². The number of benzene rings is 2. The zero-order valence-corrected chi connectivity index (χ0v) is 19.2. The van der Waals surface area contributed by atoms with E-state index in [0.29, 0.717) is 0 Å². The largest absolute Gasteiger partial charge is 0.206 e. The van der Waals surface area contributed by atoms with Crippen LogP contribution in [-0.4, -0.2) is 0 Å². The van der Waals surface area contributed by atoms with Crippen LogP contribution >= 0.6 is 0 Å². The molecule has 0 bridgehead atoms. The molecule has 2 aromatic rings. The van der Waals surface area contributed by atoms with Gasteiger partial charge in [-0.15, -0.1) is 0 Å². The Morgan fingerprint density at radius 2 is 1.56 bits per heavy atom. The molecule has 0 spiro atoms. The highest BCUT2D eigenvalue weighted by atomic mass is 19.2. The van der Waals surface area contributed by atoms with E-state index in [0.717, 1.165) is 48.3 Å². The third-order valence-electron chi connectivity index (χ3n) is 7.60. The second kappa shape index (κ2) is 10.7. The second-order valence-electron chi connectivity index (χ2n) is 9.86. The lowest BCUT2D eigenvalue weighted by Crippen LogP contribution is -2.15. The third-order valence-corrected chi connectivity index (χ3v) is 7.60. The van der Waals surface area contributed by atoms with Gasteiger partial charge in [-0.25, -0.2) is 13.2 Å². The number of aryl methyl sites for hydroxylation is 1. The molecule has 2 aromatic carbocycles. The molecule has 0 unspecified atom stereocenters. The highest BCUT2D eigenvalue weighted by molar-refractivity contribution is 5.70. The molecule has 0 N–H and O–H groups in total. The highest BCUT2D eigenvalue weighted by Crippen LogP contribution is 2.37. The van der Waals surface area contributed by atoms with E-state index in [4.69, 9.17) is 0 Å². The molecule has 0 nitrogen and oxygen atoms in total.